The monoisotopic (exact) mass is 245 g/mol. The summed E-state index contributed by atoms with van der Waals surface area (Å²) in [7, 11) is 0. The largest absolute Gasteiger partial charge is 0.487 e. The highest BCUT2D eigenvalue weighted by Gasteiger charge is 2.33. The predicted octanol–water partition coefficient (Wildman–Crippen LogP) is 2.29. The van der Waals surface area contributed by atoms with Gasteiger partial charge in [0.1, 0.15) is 11.5 Å². The topological polar surface area (TPSA) is 84.3 Å². The molecule has 0 amide bonds. The van der Waals surface area contributed by atoms with E-state index in [1.807, 2.05) is 0 Å². The second-order valence-electron chi connectivity index (χ2n) is 3.04. The van der Waals surface area contributed by atoms with Gasteiger partial charge in [-0.2, -0.15) is 8.78 Å². The highest BCUT2D eigenvalue weighted by atomic mass is 19.3. The maximum atomic E-state index is 12.7. The van der Waals surface area contributed by atoms with E-state index in [-0.39, 0.29) is 12.4 Å². The summed E-state index contributed by atoms with van der Waals surface area (Å²) in [5.74, 6) is -4.21. The van der Waals surface area contributed by atoms with Crippen LogP contribution in [-0.2, 0) is 14.3 Å². The van der Waals surface area contributed by atoms with Gasteiger partial charge in [-0.05, 0) is 18.5 Å². The number of hydrogen-bond donors (Lipinski definition) is 0. The molecule has 8 heteroatoms. The molecule has 0 atom stereocenters. The number of esters is 1. The van der Waals surface area contributed by atoms with Gasteiger partial charge in [-0.1, -0.05) is 5.11 Å². The molecule has 0 aromatic heterocycles. The molecule has 1 heterocycles. The van der Waals surface area contributed by atoms with Crippen LogP contribution < -0.4 is 0 Å². The summed E-state index contributed by atoms with van der Waals surface area (Å²) in [6.07, 6.45) is 1.46. The Labute approximate surface area is 95.1 Å². The molecule has 0 spiro atoms. The van der Waals surface area contributed by atoms with Crippen molar-refractivity contribution < 1.29 is 23.0 Å². The minimum Gasteiger partial charge on any atom is -0.487 e. The lowest BCUT2D eigenvalue weighted by Gasteiger charge is -2.02. The molecule has 17 heavy (non-hydrogen) atoms. The average molecular weight is 245 g/mol. The molecule has 0 unspecified atom stereocenters. The van der Waals surface area contributed by atoms with Gasteiger partial charge < -0.3 is 9.47 Å². The molecule has 0 saturated heterocycles. The lowest BCUT2D eigenvalue weighted by molar-refractivity contribution is -0.138. The summed E-state index contributed by atoms with van der Waals surface area (Å²) >= 11 is 0. The van der Waals surface area contributed by atoms with Crippen molar-refractivity contribution in [1.82, 2.24) is 0 Å². The van der Waals surface area contributed by atoms with E-state index < -0.39 is 24.2 Å². The molecule has 1 aliphatic rings. The number of ether oxygens (including phenoxy) is 2. The van der Waals surface area contributed by atoms with E-state index in [4.69, 9.17) is 5.53 Å². The zero-order valence-electron chi connectivity index (χ0n) is 8.89. The highest BCUT2D eigenvalue weighted by Crippen LogP contribution is 2.27. The molecule has 6 nitrogen and oxygen atoms in total. The molecule has 0 aliphatic carbocycles. The van der Waals surface area contributed by atoms with E-state index in [0.29, 0.717) is 6.08 Å². The number of allylic oxidation sites excluding steroid dienone is 1. The molecule has 0 fully saturated rings. The summed E-state index contributed by atoms with van der Waals surface area (Å²) < 4.78 is 34.7. The normalized spacial score (nSPS) is 17.8. The summed E-state index contributed by atoms with van der Waals surface area (Å²) in [6, 6.07) is 0. The Bertz CT molecular complexity index is 425. The Balaban J connectivity index is 2.92. The maximum absolute atomic E-state index is 12.7. The van der Waals surface area contributed by atoms with Gasteiger partial charge in [-0.15, -0.1) is 0 Å². The number of halogens is 2. The van der Waals surface area contributed by atoms with Crippen LogP contribution in [0.3, 0.4) is 0 Å². The van der Waals surface area contributed by atoms with Crippen molar-refractivity contribution in [3.05, 3.63) is 34.1 Å². The molecule has 0 N–H and O–H groups in total. The third-order valence-electron chi connectivity index (χ3n) is 1.70. The summed E-state index contributed by atoms with van der Waals surface area (Å²) in [4.78, 5) is 13.7. The van der Waals surface area contributed by atoms with Crippen molar-refractivity contribution in [2.45, 2.75) is 12.8 Å². The van der Waals surface area contributed by atoms with Crippen LogP contribution in [0.2, 0.25) is 0 Å². The molecule has 1 aliphatic heterocycles. The van der Waals surface area contributed by atoms with Crippen LogP contribution in [0, 0.1) is 0 Å². The Morgan fingerprint density at radius 2 is 2.53 bits per heavy atom. The van der Waals surface area contributed by atoms with E-state index in [1.165, 1.54) is 0 Å². The van der Waals surface area contributed by atoms with Gasteiger partial charge in [0.15, 0.2) is 6.61 Å². The van der Waals surface area contributed by atoms with E-state index in [9.17, 15) is 13.6 Å². The van der Waals surface area contributed by atoms with Crippen LogP contribution >= 0.6 is 0 Å². The van der Waals surface area contributed by atoms with Crippen LogP contribution in [-0.4, -0.2) is 25.1 Å². The van der Waals surface area contributed by atoms with Gasteiger partial charge in [0.05, 0.1) is 6.61 Å². The molecule has 0 aromatic rings. The summed E-state index contributed by atoms with van der Waals surface area (Å²) in [5.41, 5.74) is 7.80. The summed E-state index contributed by atoms with van der Waals surface area (Å²) in [5, 5.41) is 3.06. The first-order valence-electron chi connectivity index (χ1n) is 4.66. The number of azide groups is 1. The number of nitrogens with zero attached hydrogens (tertiary/aromatic N) is 3. The molecular formula is C9H9F2N3O3. The number of carbonyl (C=O) groups is 1. The van der Waals surface area contributed by atoms with Crippen LogP contribution in [0.15, 0.2) is 28.7 Å². The second-order valence-corrected chi connectivity index (χ2v) is 3.04. The smallest absolute Gasteiger partial charge is 0.340 e. The van der Waals surface area contributed by atoms with Crippen molar-refractivity contribution in [2.75, 3.05) is 13.2 Å². The number of hydrogen-bond acceptors (Lipinski definition) is 4. The van der Waals surface area contributed by atoms with Gasteiger partial charge in [-0.25, -0.2) is 4.79 Å². The number of carbonyl (C=O) groups excluding carboxylic acids is 1. The first-order valence-corrected chi connectivity index (χ1v) is 4.66. The zero-order chi connectivity index (χ0) is 12.9. The van der Waals surface area contributed by atoms with Crippen molar-refractivity contribution in [1.29, 1.82) is 0 Å². The fraction of sp³-hybridized carbons (Fsp3) is 0.444. The van der Waals surface area contributed by atoms with Gasteiger partial charge in [0.25, 0.3) is 0 Å². The van der Waals surface area contributed by atoms with Crippen molar-refractivity contribution >= 4 is 5.97 Å². The first kappa shape index (κ1) is 13.0. The van der Waals surface area contributed by atoms with Crippen molar-refractivity contribution in [3.8, 4) is 0 Å². The third kappa shape index (κ3) is 3.76. The fourth-order valence-electron chi connectivity index (χ4n) is 1.07. The molecular weight excluding hydrogens is 236 g/mol. The SMILES string of the molecule is CCOC(=O)/C(=C/C1=CC(F)(F)CO1)N=[N+]=[N-]. The Hall–Kier alpha value is -2.08. The van der Waals surface area contributed by atoms with Gasteiger partial charge in [-0.3, -0.25) is 0 Å². The van der Waals surface area contributed by atoms with Gasteiger partial charge in [0.2, 0.25) is 0 Å². The second kappa shape index (κ2) is 5.31. The molecule has 1 rings (SSSR count). The minimum atomic E-state index is -3.08. The van der Waals surface area contributed by atoms with Gasteiger partial charge in [0, 0.05) is 11.0 Å². The lowest BCUT2D eigenvalue weighted by Crippen LogP contribution is -2.12. The predicted molar refractivity (Wildman–Crippen MR) is 52.8 cm³/mol. The molecule has 0 radical (unpaired) electrons. The number of alkyl halides is 2. The van der Waals surface area contributed by atoms with E-state index in [0.717, 1.165) is 6.08 Å². The fourth-order valence-corrected chi connectivity index (χ4v) is 1.07. The molecule has 0 bridgehead atoms. The third-order valence-corrected chi connectivity index (χ3v) is 1.70. The highest BCUT2D eigenvalue weighted by molar-refractivity contribution is 5.88. The zero-order valence-corrected chi connectivity index (χ0v) is 8.89. The van der Waals surface area contributed by atoms with Crippen LogP contribution in [0.25, 0.3) is 10.4 Å². The van der Waals surface area contributed by atoms with E-state index in [1.54, 1.807) is 6.92 Å². The van der Waals surface area contributed by atoms with Crippen molar-refractivity contribution in [2.24, 2.45) is 5.11 Å². The molecule has 0 saturated carbocycles. The average Bonchev–Trinajstić information content (AvgIpc) is 2.58. The lowest BCUT2D eigenvalue weighted by atomic mass is 10.3. The van der Waals surface area contributed by atoms with Gasteiger partial charge >= 0.3 is 11.9 Å². The quantitative estimate of drug-likeness (QED) is 0.250. The maximum Gasteiger partial charge on any atom is 0.340 e. The van der Waals surface area contributed by atoms with Crippen LogP contribution in [0.1, 0.15) is 6.92 Å². The van der Waals surface area contributed by atoms with Crippen LogP contribution in [0.5, 0.6) is 0 Å². The van der Waals surface area contributed by atoms with E-state index in [2.05, 4.69) is 19.5 Å². The Morgan fingerprint density at radius 1 is 1.82 bits per heavy atom. The summed E-state index contributed by atoms with van der Waals surface area (Å²) in [6.45, 7) is 0.837. The minimum absolute atomic E-state index is 0.0766. The van der Waals surface area contributed by atoms with Crippen LogP contribution in [0.4, 0.5) is 8.78 Å². The molecule has 0 aromatic carbocycles. The Morgan fingerprint density at radius 3 is 3.00 bits per heavy atom. The van der Waals surface area contributed by atoms with Crippen molar-refractivity contribution in [3.63, 3.8) is 0 Å². The molecule has 92 valence electrons. The first-order chi connectivity index (χ1) is 7.98. The van der Waals surface area contributed by atoms with E-state index >= 15 is 0 Å². The number of rotatable bonds is 4. The Kier molecular flexibility index (Phi) is 4.06. The standard InChI is InChI=1S/C9H9F2N3O3/c1-2-16-8(15)7(13-14-12)3-6-4-9(10,11)5-17-6/h3-4H,2,5H2,1H3/b7-3-.